The number of carbonyl (C=O) groups excluding carboxylic acids is 1. The fourth-order valence-corrected chi connectivity index (χ4v) is 3.87. The zero-order valence-corrected chi connectivity index (χ0v) is 15.0. The monoisotopic (exact) mass is 366 g/mol. The van der Waals surface area contributed by atoms with Crippen molar-refractivity contribution in [1.82, 2.24) is 10.0 Å². The molecule has 1 aromatic rings. The van der Waals surface area contributed by atoms with Gasteiger partial charge in [-0.2, -0.15) is 4.72 Å². The van der Waals surface area contributed by atoms with Crippen LogP contribution < -0.4 is 10.0 Å². The van der Waals surface area contributed by atoms with Gasteiger partial charge in [0, 0.05) is 11.1 Å². The van der Waals surface area contributed by atoms with Crippen LogP contribution in [0.5, 0.6) is 0 Å². The van der Waals surface area contributed by atoms with E-state index in [0.717, 1.165) is 12.8 Å². The highest BCUT2D eigenvalue weighted by molar-refractivity contribution is 7.89. The largest absolute Gasteiger partial charge is 0.352 e. The van der Waals surface area contributed by atoms with E-state index < -0.39 is 16.1 Å². The smallest absolute Gasteiger partial charge is 0.242 e. The van der Waals surface area contributed by atoms with Crippen molar-refractivity contribution < 1.29 is 13.2 Å². The quantitative estimate of drug-likeness (QED) is 0.778. The van der Waals surface area contributed by atoms with E-state index >= 15 is 0 Å². The van der Waals surface area contributed by atoms with Crippen molar-refractivity contribution in [2.45, 2.75) is 50.6 Å². The molecule has 0 radical (unpaired) electrons. The number of hydrogen-bond acceptors (Lipinski definition) is 3. The van der Waals surface area contributed by atoms with E-state index in [1.807, 2.05) is 13.8 Å². The minimum atomic E-state index is -3.93. The molecule has 0 aliphatic heterocycles. The number of amides is 1. The molecule has 2 atom stereocenters. The summed E-state index contributed by atoms with van der Waals surface area (Å²) in [4.78, 5) is 11.8. The predicted molar refractivity (Wildman–Crippen MR) is 88.8 cm³/mol. The molecule has 0 aliphatic carbocycles. The second-order valence-corrected chi connectivity index (χ2v) is 7.64. The number of carbonyl (C=O) groups is 1. The Balaban J connectivity index is 2.83. The summed E-state index contributed by atoms with van der Waals surface area (Å²) in [6.45, 7) is 5.36. The molecule has 0 saturated heterocycles. The number of hydrogen-bond donors (Lipinski definition) is 2. The van der Waals surface area contributed by atoms with Crippen LogP contribution in [-0.4, -0.2) is 26.4 Å². The van der Waals surface area contributed by atoms with Gasteiger partial charge in [-0.15, -0.1) is 0 Å². The van der Waals surface area contributed by atoms with Gasteiger partial charge in [0.1, 0.15) is 4.90 Å². The fraction of sp³-hybridized carbons (Fsp3) is 0.500. The Morgan fingerprint density at radius 1 is 1.27 bits per heavy atom. The normalized spacial score (nSPS) is 14.4. The number of nitrogens with one attached hydrogen (secondary N) is 2. The Kier molecular flexibility index (Phi) is 7.12. The molecule has 1 rings (SSSR count). The fourth-order valence-electron chi connectivity index (χ4n) is 1.91. The summed E-state index contributed by atoms with van der Waals surface area (Å²) in [5.41, 5.74) is 0. The lowest BCUT2D eigenvalue weighted by Crippen LogP contribution is -2.47. The van der Waals surface area contributed by atoms with Crippen LogP contribution in [0, 0.1) is 0 Å². The first kappa shape index (κ1) is 19.2. The van der Waals surface area contributed by atoms with Crippen molar-refractivity contribution in [3.63, 3.8) is 0 Å². The lowest BCUT2D eigenvalue weighted by molar-refractivity contribution is -0.123. The highest BCUT2D eigenvalue weighted by Gasteiger charge is 2.24. The van der Waals surface area contributed by atoms with Gasteiger partial charge >= 0.3 is 0 Å². The van der Waals surface area contributed by atoms with Crippen molar-refractivity contribution in [2.75, 3.05) is 0 Å². The Labute approximate surface area is 141 Å². The van der Waals surface area contributed by atoms with Crippen LogP contribution in [0.15, 0.2) is 23.1 Å². The van der Waals surface area contributed by atoms with Crippen LogP contribution in [0.4, 0.5) is 0 Å². The lowest BCUT2D eigenvalue weighted by atomic mass is 10.2. The lowest BCUT2D eigenvalue weighted by Gasteiger charge is -2.18. The van der Waals surface area contributed by atoms with Crippen molar-refractivity contribution in [3.05, 3.63) is 28.2 Å². The number of sulfonamides is 1. The molecule has 22 heavy (non-hydrogen) atoms. The summed E-state index contributed by atoms with van der Waals surface area (Å²) in [6.07, 6.45) is 1.75. The molecule has 1 aromatic carbocycles. The van der Waals surface area contributed by atoms with Crippen molar-refractivity contribution in [1.29, 1.82) is 0 Å². The second kappa shape index (κ2) is 8.15. The van der Waals surface area contributed by atoms with E-state index in [9.17, 15) is 13.2 Å². The highest BCUT2D eigenvalue weighted by atomic mass is 35.5. The van der Waals surface area contributed by atoms with Crippen LogP contribution in [0.3, 0.4) is 0 Å². The van der Waals surface area contributed by atoms with Gasteiger partial charge in [0.2, 0.25) is 15.9 Å². The van der Waals surface area contributed by atoms with Crippen LogP contribution >= 0.6 is 23.2 Å². The van der Waals surface area contributed by atoms with Crippen molar-refractivity contribution >= 4 is 39.1 Å². The third-order valence-corrected chi connectivity index (χ3v) is 5.28. The number of benzene rings is 1. The molecule has 0 aliphatic rings. The van der Waals surface area contributed by atoms with Gasteiger partial charge in [0.05, 0.1) is 11.1 Å². The standard InChI is InChI=1S/C14H20Cl2N2O3S/c1-4-5-9(2)17-14(19)10(3)18-22(20,21)13-8-11(15)6-7-12(13)16/h6-10,18H,4-5H2,1-3H3,(H,17,19). The summed E-state index contributed by atoms with van der Waals surface area (Å²) in [5.74, 6) is -0.386. The molecule has 124 valence electrons. The molecule has 8 heteroatoms. The molecule has 1 amide bonds. The van der Waals surface area contributed by atoms with Crippen LogP contribution in [0.1, 0.15) is 33.6 Å². The van der Waals surface area contributed by atoms with Crippen LogP contribution in [0.25, 0.3) is 0 Å². The van der Waals surface area contributed by atoms with E-state index in [2.05, 4.69) is 10.0 Å². The molecule has 2 N–H and O–H groups in total. The average molecular weight is 367 g/mol. The maximum absolute atomic E-state index is 12.3. The van der Waals surface area contributed by atoms with E-state index in [0.29, 0.717) is 0 Å². The van der Waals surface area contributed by atoms with Gasteiger partial charge in [-0.25, -0.2) is 8.42 Å². The molecule has 0 heterocycles. The van der Waals surface area contributed by atoms with E-state index in [1.54, 1.807) is 0 Å². The van der Waals surface area contributed by atoms with Gasteiger partial charge in [-0.1, -0.05) is 36.5 Å². The van der Waals surface area contributed by atoms with E-state index in [4.69, 9.17) is 23.2 Å². The summed E-state index contributed by atoms with van der Waals surface area (Å²) in [6, 6.07) is 3.20. The topological polar surface area (TPSA) is 75.3 Å². The number of rotatable bonds is 7. The van der Waals surface area contributed by atoms with Gasteiger partial charge in [-0.3, -0.25) is 4.79 Å². The Morgan fingerprint density at radius 2 is 1.91 bits per heavy atom. The molecule has 0 spiro atoms. The van der Waals surface area contributed by atoms with E-state index in [1.165, 1.54) is 25.1 Å². The predicted octanol–water partition coefficient (Wildman–Crippen LogP) is 2.97. The zero-order chi connectivity index (χ0) is 16.9. The molecule has 0 fully saturated rings. The SMILES string of the molecule is CCCC(C)NC(=O)C(C)NS(=O)(=O)c1cc(Cl)ccc1Cl. The third kappa shape index (κ3) is 5.43. The summed E-state index contributed by atoms with van der Waals surface area (Å²) < 4.78 is 26.9. The molecule has 0 bridgehead atoms. The molecule has 0 aromatic heterocycles. The molecular formula is C14H20Cl2N2O3S. The summed E-state index contributed by atoms with van der Waals surface area (Å²) in [5, 5.41) is 3.05. The molecule has 2 unspecified atom stereocenters. The molecule has 5 nitrogen and oxygen atoms in total. The van der Waals surface area contributed by atoms with Gasteiger partial charge in [0.25, 0.3) is 0 Å². The zero-order valence-electron chi connectivity index (χ0n) is 12.7. The van der Waals surface area contributed by atoms with Crippen LogP contribution in [-0.2, 0) is 14.8 Å². The molecular weight excluding hydrogens is 347 g/mol. The van der Waals surface area contributed by atoms with E-state index in [-0.39, 0.29) is 26.9 Å². The van der Waals surface area contributed by atoms with Crippen molar-refractivity contribution in [2.24, 2.45) is 0 Å². The first-order valence-corrected chi connectivity index (χ1v) is 9.19. The van der Waals surface area contributed by atoms with Gasteiger partial charge in [0.15, 0.2) is 0 Å². The summed E-state index contributed by atoms with van der Waals surface area (Å²) in [7, 11) is -3.93. The minimum Gasteiger partial charge on any atom is -0.352 e. The minimum absolute atomic E-state index is 0.0146. The maximum atomic E-state index is 12.3. The second-order valence-electron chi connectivity index (χ2n) is 5.12. The summed E-state index contributed by atoms with van der Waals surface area (Å²) >= 11 is 11.7. The Bertz CT molecular complexity index is 635. The first-order chi connectivity index (χ1) is 10.2. The highest BCUT2D eigenvalue weighted by Crippen LogP contribution is 2.24. The average Bonchev–Trinajstić information content (AvgIpc) is 2.41. The van der Waals surface area contributed by atoms with Crippen molar-refractivity contribution in [3.8, 4) is 0 Å². The maximum Gasteiger partial charge on any atom is 0.242 e. The Morgan fingerprint density at radius 3 is 2.50 bits per heavy atom. The number of halogens is 2. The van der Waals surface area contributed by atoms with Gasteiger partial charge < -0.3 is 5.32 Å². The molecule has 0 saturated carbocycles. The Hall–Kier alpha value is -0.820. The third-order valence-electron chi connectivity index (χ3n) is 3.02. The van der Waals surface area contributed by atoms with Gasteiger partial charge in [-0.05, 0) is 38.5 Å². The first-order valence-electron chi connectivity index (χ1n) is 6.95. The van der Waals surface area contributed by atoms with Crippen LogP contribution in [0.2, 0.25) is 10.0 Å².